The molecule has 0 saturated heterocycles. The number of carbonyl (C=O) groups excluding carboxylic acids is 1. The van der Waals surface area contributed by atoms with E-state index in [0.717, 1.165) is 12.2 Å². The Morgan fingerprint density at radius 2 is 2.12 bits per heavy atom. The molecule has 0 aromatic heterocycles. The molecular weight excluding hydrogens is 220 g/mol. The number of hydrogen-bond donors (Lipinski definition) is 2. The Bertz CT molecular complexity index is 355. The fourth-order valence-electron chi connectivity index (χ4n) is 1.51. The maximum atomic E-state index is 11.4. The summed E-state index contributed by atoms with van der Waals surface area (Å²) in [4.78, 5) is 12.7. The van der Waals surface area contributed by atoms with Gasteiger partial charge in [0.25, 0.3) is 0 Å². The van der Waals surface area contributed by atoms with Crippen LogP contribution in [0.2, 0.25) is 0 Å². The maximum absolute atomic E-state index is 11.4. The summed E-state index contributed by atoms with van der Waals surface area (Å²) in [6.45, 7) is 0.710. The molecule has 2 unspecified atom stereocenters. The third kappa shape index (κ3) is 3.25. The average molecular weight is 236 g/mol. The van der Waals surface area contributed by atoms with Crippen molar-refractivity contribution in [3.05, 3.63) is 30.3 Å². The van der Waals surface area contributed by atoms with Crippen molar-refractivity contribution in [3.8, 4) is 0 Å². The van der Waals surface area contributed by atoms with Crippen LogP contribution in [0.15, 0.2) is 35.2 Å². The zero-order valence-electron chi connectivity index (χ0n) is 9.06. The van der Waals surface area contributed by atoms with Gasteiger partial charge >= 0.3 is 0 Å². The highest BCUT2D eigenvalue weighted by molar-refractivity contribution is 7.99. The minimum absolute atomic E-state index is 0.0710. The van der Waals surface area contributed by atoms with Crippen LogP contribution < -0.4 is 11.1 Å². The molecule has 1 saturated carbocycles. The van der Waals surface area contributed by atoms with E-state index >= 15 is 0 Å². The van der Waals surface area contributed by atoms with Gasteiger partial charge in [0, 0.05) is 23.2 Å². The molecular formula is C12H16N2OS. The monoisotopic (exact) mass is 236 g/mol. The van der Waals surface area contributed by atoms with E-state index in [4.69, 9.17) is 5.73 Å². The molecule has 3 nitrogen and oxygen atoms in total. The first-order valence-electron chi connectivity index (χ1n) is 5.48. The molecule has 1 aliphatic rings. The molecule has 0 aliphatic heterocycles. The Labute approximate surface area is 99.8 Å². The predicted octanol–water partition coefficient (Wildman–Crippen LogP) is 1.24. The first kappa shape index (κ1) is 11.5. The molecule has 1 fully saturated rings. The van der Waals surface area contributed by atoms with Gasteiger partial charge in [-0.05, 0) is 18.6 Å². The van der Waals surface area contributed by atoms with E-state index in [1.165, 1.54) is 4.90 Å². The van der Waals surface area contributed by atoms with Gasteiger partial charge in [0.15, 0.2) is 0 Å². The van der Waals surface area contributed by atoms with E-state index in [1.807, 2.05) is 18.2 Å². The SMILES string of the molecule is NC1CC1C(=O)NCCSc1ccccc1. The van der Waals surface area contributed by atoms with Crippen molar-refractivity contribution >= 4 is 17.7 Å². The summed E-state index contributed by atoms with van der Waals surface area (Å²) in [5.41, 5.74) is 5.60. The van der Waals surface area contributed by atoms with Crippen LogP contribution >= 0.6 is 11.8 Å². The maximum Gasteiger partial charge on any atom is 0.224 e. The van der Waals surface area contributed by atoms with E-state index in [2.05, 4.69) is 17.4 Å². The third-order valence-corrected chi connectivity index (χ3v) is 3.60. The molecule has 0 heterocycles. The molecule has 1 aliphatic carbocycles. The van der Waals surface area contributed by atoms with Gasteiger partial charge < -0.3 is 11.1 Å². The highest BCUT2D eigenvalue weighted by atomic mass is 32.2. The van der Waals surface area contributed by atoms with E-state index in [9.17, 15) is 4.79 Å². The van der Waals surface area contributed by atoms with Crippen molar-refractivity contribution in [2.45, 2.75) is 17.4 Å². The van der Waals surface area contributed by atoms with Crippen molar-refractivity contribution in [2.75, 3.05) is 12.3 Å². The molecule has 0 radical (unpaired) electrons. The topological polar surface area (TPSA) is 55.1 Å². The summed E-state index contributed by atoms with van der Waals surface area (Å²) in [5, 5.41) is 2.91. The van der Waals surface area contributed by atoms with Crippen LogP contribution in [0.3, 0.4) is 0 Å². The van der Waals surface area contributed by atoms with Gasteiger partial charge in [0.1, 0.15) is 0 Å². The van der Waals surface area contributed by atoms with Gasteiger partial charge in [-0.1, -0.05) is 18.2 Å². The van der Waals surface area contributed by atoms with Crippen molar-refractivity contribution in [3.63, 3.8) is 0 Å². The van der Waals surface area contributed by atoms with Crippen LogP contribution in [0.1, 0.15) is 6.42 Å². The van der Waals surface area contributed by atoms with Crippen molar-refractivity contribution in [1.29, 1.82) is 0 Å². The number of amides is 1. The molecule has 1 amide bonds. The van der Waals surface area contributed by atoms with Crippen molar-refractivity contribution < 1.29 is 4.79 Å². The molecule has 1 aromatic carbocycles. The summed E-state index contributed by atoms with van der Waals surface area (Å²) in [5.74, 6) is 1.08. The zero-order chi connectivity index (χ0) is 11.4. The third-order valence-electron chi connectivity index (χ3n) is 2.59. The minimum atomic E-state index is 0.0710. The number of thioether (sulfide) groups is 1. The van der Waals surface area contributed by atoms with E-state index in [-0.39, 0.29) is 17.9 Å². The van der Waals surface area contributed by atoms with Crippen LogP contribution in [0.4, 0.5) is 0 Å². The molecule has 86 valence electrons. The summed E-state index contributed by atoms with van der Waals surface area (Å²) < 4.78 is 0. The second-order valence-electron chi connectivity index (χ2n) is 3.96. The fraction of sp³-hybridized carbons (Fsp3) is 0.417. The van der Waals surface area contributed by atoms with E-state index in [0.29, 0.717) is 6.54 Å². The first-order valence-corrected chi connectivity index (χ1v) is 6.47. The van der Waals surface area contributed by atoms with Gasteiger partial charge in [-0.15, -0.1) is 11.8 Å². The van der Waals surface area contributed by atoms with E-state index in [1.54, 1.807) is 11.8 Å². The predicted molar refractivity (Wildman–Crippen MR) is 66.3 cm³/mol. The molecule has 4 heteroatoms. The lowest BCUT2D eigenvalue weighted by Gasteiger charge is -2.04. The average Bonchev–Trinajstić information content (AvgIpc) is 3.03. The smallest absolute Gasteiger partial charge is 0.224 e. The summed E-state index contributed by atoms with van der Waals surface area (Å²) in [6, 6.07) is 10.3. The number of hydrogen-bond acceptors (Lipinski definition) is 3. The normalized spacial score (nSPS) is 22.8. The van der Waals surface area contributed by atoms with Gasteiger partial charge in [-0.25, -0.2) is 0 Å². The van der Waals surface area contributed by atoms with Gasteiger partial charge in [0.05, 0.1) is 5.92 Å². The molecule has 0 spiro atoms. The lowest BCUT2D eigenvalue weighted by atomic mass is 10.4. The second-order valence-corrected chi connectivity index (χ2v) is 5.13. The summed E-state index contributed by atoms with van der Waals surface area (Å²) in [6.07, 6.45) is 0.845. The van der Waals surface area contributed by atoms with Crippen molar-refractivity contribution in [1.82, 2.24) is 5.32 Å². The van der Waals surface area contributed by atoms with Gasteiger partial charge in [-0.2, -0.15) is 0 Å². The minimum Gasteiger partial charge on any atom is -0.355 e. The van der Waals surface area contributed by atoms with E-state index < -0.39 is 0 Å². The largest absolute Gasteiger partial charge is 0.355 e. The quantitative estimate of drug-likeness (QED) is 0.597. The summed E-state index contributed by atoms with van der Waals surface area (Å²) in [7, 11) is 0. The Morgan fingerprint density at radius 3 is 2.75 bits per heavy atom. The van der Waals surface area contributed by atoms with Crippen LogP contribution in [0.5, 0.6) is 0 Å². The fourth-order valence-corrected chi connectivity index (χ4v) is 2.30. The van der Waals surface area contributed by atoms with Gasteiger partial charge in [-0.3, -0.25) is 4.79 Å². The molecule has 2 rings (SSSR count). The van der Waals surface area contributed by atoms with Crippen LogP contribution in [0.25, 0.3) is 0 Å². The standard InChI is InChI=1S/C12H16N2OS/c13-11-8-10(11)12(15)14-6-7-16-9-4-2-1-3-5-9/h1-5,10-11H,6-8,13H2,(H,14,15). The highest BCUT2D eigenvalue weighted by Crippen LogP contribution is 2.27. The Balaban J connectivity index is 1.60. The Kier molecular flexibility index (Phi) is 3.85. The highest BCUT2D eigenvalue weighted by Gasteiger charge is 2.39. The number of carbonyl (C=O) groups is 1. The number of nitrogens with two attached hydrogens (primary N) is 1. The molecule has 2 atom stereocenters. The molecule has 1 aromatic rings. The van der Waals surface area contributed by atoms with Crippen LogP contribution in [-0.2, 0) is 4.79 Å². The second kappa shape index (κ2) is 5.37. The molecule has 16 heavy (non-hydrogen) atoms. The lowest BCUT2D eigenvalue weighted by Crippen LogP contribution is -2.29. The van der Waals surface area contributed by atoms with Crippen molar-refractivity contribution in [2.24, 2.45) is 11.7 Å². The molecule has 3 N–H and O–H groups in total. The lowest BCUT2D eigenvalue weighted by molar-refractivity contribution is -0.122. The Morgan fingerprint density at radius 1 is 1.44 bits per heavy atom. The number of benzene rings is 1. The first-order chi connectivity index (χ1) is 7.77. The zero-order valence-corrected chi connectivity index (χ0v) is 9.87. The van der Waals surface area contributed by atoms with Gasteiger partial charge in [0.2, 0.25) is 5.91 Å². The number of nitrogens with one attached hydrogen (secondary N) is 1. The van der Waals surface area contributed by atoms with Crippen LogP contribution in [-0.4, -0.2) is 24.2 Å². The Hall–Kier alpha value is -1.00. The molecule has 0 bridgehead atoms. The number of rotatable bonds is 5. The van der Waals surface area contributed by atoms with Crippen LogP contribution in [0, 0.1) is 5.92 Å². The summed E-state index contributed by atoms with van der Waals surface area (Å²) >= 11 is 1.75.